The van der Waals surface area contributed by atoms with Crippen LogP contribution in [0.5, 0.6) is 0 Å². The van der Waals surface area contributed by atoms with Crippen molar-refractivity contribution in [3.8, 4) is 0 Å². The highest BCUT2D eigenvalue weighted by molar-refractivity contribution is 5.82. The Morgan fingerprint density at radius 1 is 1.31 bits per heavy atom. The average Bonchev–Trinajstić information content (AvgIpc) is 3.09. The van der Waals surface area contributed by atoms with E-state index >= 15 is 0 Å². The Morgan fingerprint density at radius 2 is 2.06 bits per heavy atom. The number of nitrogens with zero attached hydrogens (tertiary/aromatic N) is 1. The zero-order valence-corrected chi connectivity index (χ0v) is 8.90. The maximum absolute atomic E-state index is 11.7. The second-order valence-corrected chi connectivity index (χ2v) is 4.23. The van der Waals surface area contributed by atoms with Gasteiger partial charge < -0.3 is 4.42 Å². The van der Waals surface area contributed by atoms with Crippen LogP contribution in [0.15, 0.2) is 32.2 Å². The average molecular weight is 217 g/mol. The van der Waals surface area contributed by atoms with Crippen molar-refractivity contribution in [2.24, 2.45) is 7.05 Å². The largest absolute Gasteiger partial charge is 0.422 e. The molecule has 0 amide bonds. The van der Waals surface area contributed by atoms with E-state index in [4.69, 9.17) is 4.42 Å². The minimum Gasteiger partial charge on any atom is -0.372 e. The second-order valence-electron chi connectivity index (χ2n) is 4.23. The van der Waals surface area contributed by atoms with Gasteiger partial charge in [-0.25, -0.2) is 9.59 Å². The summed E-state index contributed by atoms with van der Waals surface area (Å²) < 4.78 is 6.07. The predicted octanol–water partition coefficient (Wildman–Crippen LogP) is 1.37. The lowest BCUT2D eigenvalue weighted by molar-refractivity contribution is 0.432. The fraction of sp³-hybridized carbons (Fsp3) is 0.333. The van der Waals surface area contributed by atoms with Gasteiger partial charge in [0.15, 0.2) is 0 Å². The third-order valence-corrected chi connectivity index (χ3v) is 3.11. The van der Waals surface area contributed by atoms with E-state index in [2.05, 4.69) is 0 Å². The molecule has 0 radical (unpaired) electrons. The molecule has 3 rings (SSSR count). The lowest BCUT2D eigenvalue weighted by atomic mass is 10.1. The highest BCUT2D eigenvalue weighted by Crippen LogP contribution is 2.41. The van der Waals surface area contributed by atoms with Crippen LogP contribution in [0.4, 0.5) is 0 Å². The molecule has 4 heteroatoms. The zero-order chi connectivity index (χ0) is 11.3. The molecule has 1 fully saturated rings. The van der Waals surface area contributed by atoms with E-state index in [-0.39, 0.29) is 0 Å². The molecular formula is C12H11NO3. The molecule has 1 aliphatic rings. The summed E-state index contributed by atoms with van der Waals surface area (Å²) in [5.74, 6) is -0.144. The van der Waals surface area contributed by atoms with Gasteiger partial charge in [-0.15, -0.1) is 0 Å². The first-order valence-electron chi connectivity index (χ1n) is 5.31. The summed E-state index contributed by atoms with van der Waals surface area (Å²) in [6.45, 7) is 0. The summed E-state index contributed by atoms with van der Waals surface area (Å²) in [6.07, 6.45) is 2.22. The number of benzene rings is 1. The minimum absolute atomic E-state index is 0.462. The Morgan fingerprint density at radius 3 is 2.75 bits per heavy atom. The van der Waals surface area contributed by atoms with Gasteiger partial charge in [0.05, 0.1) is 10.9 Å². The highest BCUT2D eigenvalue weighted by Gasteiger charge is 2.27. The standard InChI is InChI=1S/C12H11NO3/c1-13-9-4-2-3-8(7-5-6-7)10(9)11(14)16-12(13)15/h2-4,7H,5-6H2,1H3. The smallest absolute Gasteiger partial charge is 0.372 e. The summed E-state index contributed by atoms with van der Waals surface area (Å²) >= 11 is 0. The Kier molecular flexibility index (Phi) is 1.80. The maximum Gasteiger partial charge on any atom is 0.422 e. The van der Waals surface area contributed by atoms with E-state index in [0.29, 0.717) is 16.8 Å². The molecule has 82 valence electrons. The van der Waals surface area contributed by atoms with Gasteiger partial charge in [-0.2, -0.15) is 0 Å². The molecule has 16 heavy (non-hydrogen) atoms. The fourth-order valence-electron chi connectivity index (χ4n) is 2.09. The van der Waals surface area contributed by atoms with Crippen LogP contribution in [0.1, 0.15) is 24.3 Å². The molecule has 1 saturated carbocycles. The first-order chi connectivity index (χ1) is 7.68. The van der Waals surface area contributed by atoms with Crippen molar-refractivity contribution in [2.45, 2.75) is 18.8 Å². The lowest BCUT2D eigenvalue weighted by Crippen LogP contribution is -2.23. The van der Waals surface area contributed by atoms with Gasteiger partial charge in [0.2, 0.25) is 0 Å². The molecule has 1 heterocycles. The van der Waals surface area contributed by atoms with Crippen molar-refractivity contribution in [3.05, 3.63) is 44.7 Å². The van der Waals surface area contributed by atoms with E-state index in [1.54, 1.807) is 13.1 Å². The molecule has 0 atom stereocenters. The Bertz CT molecular complexity index is 677. The van der Waals surface area contributed by atoms with E-state index in [0.717, 1.165) is 18.4 Å². The zero-order valence-electron chi connectivity index (χ0n) is 8.90. The summed E-state index contributed by atoms with van der Waals surface area (Å²) in [6, 6.07) is 5.61. The topological polar surface area (TPSA) is 52.2 Å². The maximum atomic E-state index is 11.7. The van der Waals surface area contributed by atoms with Crippen molar-refractivity contribution in [1.82, 2.24) is 4.57 Å². The third kappa shape index (κ3) is 1.23. The molecule has 1 aromatic heterocycles. The second kappa shape index (κ2) is 3.07. The monoisotopic (exact) mass is 217 g/mol. The molecule has 4 nitrogen and oxygen atoms in total. The number of hydrogen-bond acceptors (Lipinski definition) is 3. The quantitative estimate of drug-likeness (QED) is 0.724. The van der Waals surface area contributed by atoms with Crippen LogP contribution in [-0.2, 0) is 7.05 Å². The number of fused-ring (bicyclic) bond motifs is 1. The molecule has 2 aromatic rings. The minimum atomic E-state index is -0.606. The predicted molar refractivity (Wildman–Crippen MR) is 59.7 cm³/mol. The van der Waals surface area contributed by atoms with Crippen molar-refractivity contribution in [3.63, 3.8) is 0 Å². The molecule has 1 aliphatic carbocycles. The van der Waals surface area contributed by atoms with Gasteiger partial charge in [-0.3, -0.25) is 4.57 Å². The van der Waals surface area contributed by atoms with Crippen LogP contribution < -0.4 is 11.4 Å². The van der Waals surface area contributed by atoms with E-state index in [1.165, 1.54) is 4.57 Å². The van der Waals surface area contributed by atoms with Gasteiger partial charge in [-0.05, 0) is 30.4 Å². The fourth-order valence-corrected chi connectivity index (χ4v) is 2.09. The first kappa shape index (κ1) is 9.39. The highest BCUT2D eigenvalue weighted by atomic mass is 16.4. The Hall–Kier alpha value is -1.84. The van der Waals surface area contributed by atoms with E-state index < -0.39 is 11.4 Å². The van der Waals surface area contributed by atoms with Crippen molar-refractivity contribution in [2.75, 3.05) is 0 Å². The number of rotatable bonds is 1. The van der Waals surface area contributed by atoms with Crippen LogP contribution >= 0.6 is 0 Å². The van der Waals surface area contributed by atoms with Crippen molar-refractivity contribution >= 4 is 10.9 Å². The van der Waals surface area contributed by atoms with Crippen LogP contribution in [0.25, 0.3) is 10.9 Å². The molecule has 0 bridgehead atoms. The van der Waals surface area contributed by atoms with Crippen molar-refractivity contribution < 1.29 is 4.42 Å². The lowest BCUT2D eigenvalue weighted by Gasteiger charge is -2.06. The molecule has 0 unspecified atom stereocenters. The summed E-state index contributed by atoms with van der Waals surface area (Å²) in [7, 11) is 1.62. The van der Waals surface area contributed by atoms with Gasteiger partial charge in [-0.1, -0.05) is 12.1 Å². The number of hydrogen-bond donors (Lipinski definition) is 0. The molecule has 1 aromatic carbocycles. The number of aromatic nitrogens is 1. The Balaban J connectivity index is 2.52. The van der Waals surface area contributed by atoms with Gasteiger partial charge in [0, 0.05) is 7.05 Å². The summed E-state index contributed by atoms with van der Waals surface area (Å²) in [5.41, 5.74) is 1.16. The molecular weight excluding hydrogens is 206 g/mol. The third-order valence-electron chi connectivity index (χ3n) is 3.11. The van der Waals surface area contributed by atoms with Crippen LogP contribution in [0.2, 0.25) is 0 Å². The van der Waals surface area contributed by atoms with Crippen LogP contribution in [-0.4, -0.2) is 4.57 Å². The van der Waals surface area contributed by atoms with Crippen LogP contribution in [0.3, 0.4) is 0 Å². The van der Waals surface area contributed by atoms with Crippen LogP contribution in [0, 0.1) is 0 Å². The van der Waals surface area contributed by atoms with Gasteiger partial charge in [0.25, 0.3) is 0 Å². The van der Waals surface area contributed by atoms with Gasteiger partial charge in [0.1, 0.15) is 0 Å². The van der Waals surface area contributed by atoms with E-state index in [1.807, 2.05) is 12.1 Å². The molecule has 0 aliphatic heterocycles. The summed E-state index contributed by atoms with van der Waals surface area (Å²) in [4.78, 5) is 23.1. The SMILES string of the molecule is Cn1c(=O)oc(=O)c2c(C3CC3)cccc21. The van der Waals surface area contributed by atoms with Gasteiger partial charge >= 0.3 is 11.4 Å². The molecule has 0 N–H and O–H groups in total. The summed E-state index contributed by atoms with van der Waals surface area (Å²) in [5, 5.41) is 0.562. The molecule has 0 spiro atoms. The first-order valence-corrected chi connectivity index (χ1v) is 5.31. The normalized spacial score (nSPS) is 15.6. The Labute approximate surface area is 91.1 Å². The van der Waals surface area contributed by atoms with E-state index in [9.17, 15) is 9.59 Å². The molecule has 0 saturated heterocycles. The van der Waals surface area contributed by atoms with Crippen molar-refractivity contribution in [1.29, 1.82) is 0 Å². The number of aryl methyl sites for hydroxylation is 1.